The van der Waals surface area contributed by atoms with E-state index in [9.17, 15) is 4.79 Å². The maximum absolute atomic E-state index is 12.8. The van der Waals surface area contributed by atoms with E-state index in [1.165, 1.54) is 12.0 Å². The Bertz CT molecular complexity index is 689. The van der Waals surface area contributed by atoms with E-state index in [0.29, 0.717) is 6.42 Å². The number of amides is 1. The lowest BCUT2D eigenvalue weighted by atomic mass is 10.0. The van der Waals surface area contributed by atoms with Crippen molar-refractivity contribution in [2.24, 2.45) is 7.05 Å². The lowest BCUT2D eigenvalue weighted by Crippen LogP contribution is -2.46. The van der Waals surface area contributed by atoms with Gasteiger partial charge in [-0.15, -0.1) is 0 Å². The third-order valence-electron chi connectivity index (χ3n) is 5.15. The quantitative estimate of drug-likeness (QED) is 0.845. The Morgan fingerprint density at radius 2 is 2.17 bits per heavy atom. The molecule has 1 aliphatic rings. The molecule has 1 fully saturated rings. The molecule has 0 bridgehead atoms. The summed E-state index contributed by atoms with van der Waals surface area (Å²) in [7, 11) is 1.96. The van der Waals surface area contributed by atoms with Crippen molar-refractivity contribution in [1.29, 1.82) is 0 Å². The van der Waals surface area contributed by atoms with Crippen LogP contribution in [0, 0.1) is 13.8 Å². The molecule has 0 radical (unpaired) electrons. The van der Waals surface area contributed by atoms with Crippen molar-refractivity contribution >= 4 is 5.91 Å². The van der Waals surface area contributed by atoms with Gasteiger partial charge >= 0.3 is 0 Å². The molecular formula is C18H27N5O. The Morgan fingerprint density at radius 3 is 2.83 bits per heavy atom. The number of hydrogen-bond acceptors (Lipinski definition) is 3. The summed E-state index contributed by atoms with van der Waals surface area (Å²) < 4.78 is 3.84. The first kappa shape index (κ1) is 16.7. The molecule has 0 aliphatic carbocycles. The van der Waals surface area contributed by atoms with Gasteiger partial charge in [0.1, 0.15) is 0 Å². The highest BCUT2D eigenvalue weighted by molar-refractivity contribution is 5.77. The van der Waals surface area contributed by atoms with Crippen LogP contribution < -0.4 is 0 Å². The van der Waals surface area contributed by atoms with E-state index in [2.05, 4.69) is 22.0 Å². The minimum atomic E-state index is 0.259. The van der Waals surface area contributed by atoms with Gasteiger partial charge in [-0.2, -0.15) is 10.2 Å². The number of carbonyl (C=O) groups excluding carboxylic acids is 1. The van der Waals surface area contributed by atoms with Gasteiger partial charge in [-0.25, -0.2) is 0 Å². The second-order valence-corrected chi connectivity index (χ2v) is 6.74. The summed E-state index contributed by atoms with van der Waals surface area (Å²) in [5.74, 6) is 0.259. The zero-order chi connectivity index (χ0) is 17.1. The molecule has 3 heterocycles. The van der Waals surface area contributed by atoms with Crippen molar-refractivity contribution in [1.82, 2.24) is 24.5 Å². The van der Waals surface area contributed by atoms with Crippen molar-refractivity contribution in [3.63, 3.8) is 0 Å². The molecular weight excluding hydrogens is 302 g/mol. The van der Waals surface area contributed by atoms with E-state index in [4.69, 9.17) is 0 Å². The summed E-state index contributed by atoms with van der Waals surface area (Å²) in [5.41, 5.74) is 3.41. The monoisotopic (exact) mass is 329 g/mol. The predicted octanol–water partition coefficient (Wildman–Crippen LogP) is 2.25. The highest BCUT2D eigenvalue weighted by Crippen LogP contribution is 2.21. The third kappa shape index (κ3) is 3.52. The third-order valence-corrected chi connectivity index (χ3v) is 5.15. The molecule has 6 nitrogen and oxygen atoms in total. The van der Waals surface area contributed by atoms with Gasteiger partial charge in [0.15, 0.2) is 0 Å². The number of rotatable bonds is 5. The van der Waals surface area contributed by atoms with Crippen LogP contribution in [0.4, 0.5) is 0 Å². The molecule has 1 aliphatic heterocycles. The molecule has 2 aromatic rings. The standard InChI is InChI=1S/C18H27N5O/c1-14-17(15(2)21(3)20-14)8-9-18(24)23-12-5-4-7-16(23)13-22-11-6-10-19-22/h6,10-11,16H,4-5,7-9,12-13H2,1-3H3. The molecule has 0 N–H and O–H groups in total. The Balaban J connectivity index is 1.63. The first-order chi connectivity index (χ1) is 11.6. The summed E-state index contributed by atoms with van der Waals surface area (Å²) >= 11 is 0. The van der Waals surface area contributed by atoms with Crippen molar-refractivity contribution in [2.75, 3.05) is 6.54 Å². The van der Waals surface area contributed by atoms with E-state index in [1.807, 2.05) is 35.6 Å². The van der Waals surface area contributed by atoms with Crippen molar-refractivity contribution < 1.29 is 4.79 Å². The predicted molar refractivity (Wildman–Crippen MR) is 92.6 cm³/mol. The first-order valence-electron chi connectivity index (χ1n) is 8.82. The zero-order valence-electron chi connectivity index (χ0n) is 14.9. The maximum atomic E-state index is 12.8. The van der Waals surface area contributed by atoms with Crippen LogP contribution in [0.15, 0.2) is 18.5 Å². The van der Waals surface area contributed by atoms with E-state index >= 15 is 0 Å². The second-order valence-electron chi connectivity index (χ2n) is 6.74. The van der Waals surface area contributed by atoms with Gasteiger partial charge in [-0.3, -0.25) is 14.2 Å². The fourth-order valence-electron chi connectivity index (χ4n) is 3.70. The summed E-state index contributed by atoms with van der Waals surface area (Å²) in [6, 6.07) is 2.20. The highest BCUT2D eigenvalue weighted by atomic mass is 16.2. The van der Waals surface area contributed by atoms with Crippen molar-refractivity contribution in [3.8, 4) is 0 Å². The normalized spacial score (nSPS) is 18.1. The number of likely N-dealkylation sites (tertiary alicyclic amines) is 1. The number of nitrogens with zero attached hydrogens (tertiary/aromatic N) is 5. The molecule has 1 atom stereocenters. The molecule has 1 saturated heterocycles. The SMILES string of the molecule is Cc1nn(C)c(C)c1CCC(=O)N1CCCCC1Cn1cccn1. The lowest BCUT2D eigenvalue weighted by Gasteiger charge is -2.36. The van der Waals surface area contributed by atoms with Gasteiger partial charge in [0.25, 0.3) is 0 Å². The number of hydrogen-bond donors (Lipinski definition) is 0. The van der Waals surface area contributed by atoms with E-state index in [-0.39, 0.29) is 11.9 Å². The van der Waals surface area contributed by atoms with E-state index < -0.39 is 0 Å². The van der Waals surface area contributed by atoms with Crippen LogP contribution in [0.3, 0.4) is 0 Å². The first-order valence-corrected chi connectivity index (χ1v) is 8.82. The van der Waals surface area contributed by atoms with Gasteiger partial charge in [0.05, 0.1) is 18.3 Å². The van der Waals surface area contributed by atoms with Crippen molar-refractivity contribution in [2.45, 2.75) is 58.5 Å². The average molecular weight is 329 g/mol. The molecule has 6 heteroatoms. The molecule has 0 saturated carbocycles. The molecule has 3 rings (SSSR count). The van der Waals surface area contributed by atoms with Crippen LogP contribution in [-0.4, -0.2) is 43.0 Å². The maximum Gasteiger partial charge on any atom is 0.223 e. The molecule has 1 amide bonds. The van der Waals surface area contributed by atoms with Crippen molar-refractivity contribution in [3.05, 3.63) is 35.4 Å². The van der Waals surface area contributed by atoms with Crippen LogP contribution >= 0.6 is 0 Å². The van der Waals surface area contributed by atoms with E-state index in [0.717, 1.165) is 43.7 Å². The number of piperidine rings is 1. The largest absolute Gasteiger partial charge is 0.338 e. The average Bonchev–Trinajstić information content (AvgIpc) is 3.15. The highest BCUT2D eigenvalue weighted by Gasteiger charge is 2.27. The minimum absolute atomic E-state index is 0.259. The van der Waals surface area contributed by atoms with Gasteiger partial charge in [0.2, 0.25) is 5.91 Å². The fraction of sp³-hybridized carbons (Fsp3) is 0.611. The van der Waals surface area contributed by atoms with Gasteiger partial charge in [0, 0.05) is 38.1 Å². The lowest BCUT2D eigenvalue weighted by molar-refractivity contribution is -0.135. The summed E-state index contributed by atoms with van der Waals surface area (Å²) in [4.78, 5) is 14.9. The molecule has 24 heavy (non-hydrogen) atoms. The molecule has 1 unspecified atom stereocenters. The Morgan fingerprint density at radius 1 is 1.33 bits per heavy atom. The van der Waals surface area contributed by atoms with Crippen LogP contribution in [0.1, 0.15) is 42.6 Å². The number of aromatic nitrogens is 4. The smallest absolute Gasteiger partial charge is 0.223 e. The Hall–Kier alpha value is -2.11. The van der Waals surface area contributed by atoms with Gasteiger partial charge in [-0.1, -0.05) is 0 Å². The van der Waals surface area contributed by atoms with Gasteiger partial charge < -0.3 is 4.90 Å². The van der Waals surface area contributed by atoms with Crippen LogP contribution in [-0.2, 0) is 24.8 Å². The van der Waals surface area contributed by atoms with Crippen LogP contribution in [0.2, 0.25) is 0 Å². The summed E-state index contributed by atoms with van der Waals surface area (Å²) in [6.07, 6.45) is 8.46. The molecule has 2 aromatic heterocycles. The molecule has 130 valence electrons. The zero-order valence-corrected chi connectivity index (χ0v) is 14.9. The topological polar surface area (TPSA) is 56.0 Å². The fourth-order valence-corrected chi connectivity index (χ4v) is 3.70. The van der Waals surface area contributed by atoms with Crippen LogP contribution in [0.5, 0.6) is 0 Å². The van der Waals surface area contributed by atoms with Gasteiger partial charge in [-0.05, 0) is 51.2 Å². The molecule has 0 aromatic carbocycles. The minimum Gasteiger partial charge on any atom is -0.338 e. The van der Waals surface area contributed by atoms with Crippen LogP contribution in [0.25, 0.3) is 0 Å². The summed E-state index contributed by atoms with van der Waals surface area (Å²) in [5, 5.41) is 8.74. The Kier molecular flexibility index (Phi) is 5.02. The number of aryl methyl sites for hydroxylation is 2. The second kappa shape index (κ2) is 7.20. The van der Waals surface area contributed by atoms with E-state index in [1.54, 1.807) is 6.20 Å². The molecule has 0 spiro atoms. The number of carbonyl (C=O) groups is 1. The summed E-state index contributed by atoms with van der Waals surface area (Å²) in [6.45, 7) is 5.76. The Labute approximate surface area is 143 Å².